The monoisotopic (exact) mass is 459 g/mol. The fraction of sp³-hybridized carbons (Fsp3) is 0.259. The Morgan fingerprint density at radius 1 is 1.09 bits per heavy atom. The fourth-order valence-electron chi connectivity index (χ4n) is 4.17. The molecule has 1 aliphatic rings. The van der Waals surface area contributed by atoms with E-state index in [1.54, 1.807) is 30.1 Å². The molecule has 2 aromatic carbocycles. The van der Waals surface area contributed by atoms with Crippen LogP contribution in [0.1, 0.15) is 30.6 Å². The van der Waals surface area contributed by atoms with Crippen molar-refractivity contribution in [1.82, 2.24) is 14.7 Å². The lowest BCUT2D eigenvalue weighted by Gasteiger charge is -2.31. The minimum Gasteiger partial charge on any atom is -0.467 e. The first kappa shape index (κ1) is 21.9. The number of rotatable bonds is 8. The number of carbonyl (C=O) groups excluding carboxylic acids is 1. The summed E-state index contributed by atoms with van der Waals surface area (Å²) in [4.78, 5) is 15.2. The molecule has 0 saturated heterocycles. The molecule has 34 heavy (non-hydrogen) atoms. The van der Waals surface area contributed by atoms with Gasteiger partial charge in [0.05, 0.1) is 24.9 Å². The van der Waals surface area contributed by atoms with Gasteiger partial charge in [-0.1, -0.05) is 36.8 Å². The van der Waals surface area contributed by atoms with Crippen LogP contribution in [0.4, 0.5) is 4.39 Å². The van der Waals surface area contributed by atoms with Gasteiger partial charge in [-0.25, -0.2) is 9.07 Å². The van der Waals surface area contributed by atoms with Gasteiger partial charge in [0.15, 0.2) is 0 Å². The first-order chi connectivity index (χ1) is 16.6. The van der Waals surface area contributed by atoms with Crippen LogP contribution in [-0.2, 0) is 24.9 Å². The van der Waals surface area contributed by atoms with Crippen molar-refractivity contribution >= 4 is 5.91 Å². The van der Waals surface area contributed by atoms with E-state index in [0.717, 1.165) is 41.8 Å². The van der Waals surface area contributed by atoms with Gasteiger partial charge >= 0.3 is 0 Å². The normalized spacial score (nSPS) is 13.5. The molecule has 0 radical (unpaired) electrons. The summed E-state index contributed by atoms with van der Waals surface area (Å²) in [6, 6.07) is 19.4. The number of halogens is 1. The van der Waals surface area contributed by atoms with E-state index in [1.165, 1.54) is 12.1 Å². The Morgan fingerprint density at radius 2 is 1.85 bits per heavy atom. The van der Waals surface area contributed by atoms with E-state index in [0.29, 0.717) is 24.7 Å². The molecule has 0 aliphatic heterocycles. The summed E-state index contributed by atoms with van der Waals surface area (Å²) >= 11 is 0. The third-order valence-corrected chi connectivity index (χ3v) is 6.21. The fourth-order valence-corrected chi connectivity index (χ4v) is 4.17. The number of benzene rings is 2. The van der Waals surface area contributed by atoms with E-state index < -0.39 is 0 Å². The molecule has 174 valence electrons. The predicted octanol–water partition coefficient (Wildman–Crippen LogP) is 5.94. The lowest BCUT2D eigenvalue weighted by molar-refractivity contribution is -0.139. The van der Waals surface area contributed by atoms with Gasteiger partial charge in [-0.2, -0.15) is 5.10 Å². The first-order valence-electron chi connectivity index (χ1n) is 11.4. The molecule has 0 spiro atoms. The van der Waals surface area contributed by atoms with Crippen LogP contribution < -0.4 is 4.74 Å². The highest BCUT2D eigenvalue weighted by Gasteiger charge is 2.32. The van der Waals surface area contributed by atoms with Gasteiger partial charge < -0.3 is 14.1 Å². The maximum atomic E-state index is 13.4. The van der Waals surface area contributed by atoms with Crippen LogP contribution in [0.5, 0.6) is 11.6 Å². The van der Waals surface area contributed by atoms with Gasteiger partial charge in [-0.3, -0.25) is 4.79 Å². The maximum Gasteiger partial charge on any atom is 0.226 e. The third-order valence-electron chi connectivity index (χ3n) is 6.21. The summed E-state index contributed by atoms with van der Waals surface area (Å²) < 4.78 is 26.9. The Hall–Kier alpha value is -3.87. The number of ether oxygens (including phenoxy) is 1. The molecule has 7 heteroatoms. The van der Waals surface area contributed by atoms with Crippen LogP contribution in [0.25, 0.3) is 11.3 Å². The van der Waals surface area contributed by atoms with Crippen LogP contribution in [0.15, 0.2) is 77.4 Å². The number of furan rings is 1. The molecular formula is C27H26FN3O3. The van der Waals surface area contributed by atoms with E-state index in [1.807, 2.05) is 47.4 Å². The number of carbonyl (C=O) groups is 1. The zero-order valence-corrected chi connectivity index (χ0v) is 19.0. The van der Waals surface area contributed by atoms with Gasteiger partial charge in [0, 0.05) is 18.5 Å². The summed E-state index contributed by atoms with van der Waals surface area (Å²) in [5, 5.41) is 4.74. The summed E-state index contributed by atoms with van der Waals surface area (Å²) in [7, 11) is 1.80. The van der Waals surface area contributed by atoms with Gasteiger partial charge in [-0.05, 0) is 49.2 Å². The summed E-state index contributed by atoms with van der Waals surface area (Å²) in [6.45, 7) is 0.673. The molecule has 2 heterocycles. The minimum absolute atomic E-state index is 0.0354. The maximum absolute atomic E-state index is 13.4. The number of aryl methyl sites for hydroxylation is 1. The third kappa shape index (κ3) is 4.59. The van der Waals surface area contributed by atoms with Crippen molar-refractivity contribution in [2.24, 2.45) is 13.0 Å². The molecule has 1 fully saturated rings. The average Bonchev–Trinajstić information content (AvgIpc) is 3.43. The Morgan fingerprint density at radius 3 is 2.50 bits per heavy atom. The molecule has 5 rings (SSSR count). The van der Waals surface area contributed by atoms with Crippen LogP contribution in [0.3, 0.4) is 0 Å². The second-order valence-electron chi connectivity index (χ2n) is 8.58. The first-order valence-corrected chi connectivity index (χ1v) is 11.4. The summed E-state index contributed by atoms with van der Waals surface area (Å²) in [5.41, 5.74) is 2.46. The molecule has 1 saturated carbocycles. The highest BCUT2D eigenvalue weighted by molar-refractivity contribution is 5.80. The van der Waals surface area contributed by atoms with Crippen molar-refractivity contribution in [2.75, 3.05) is 0 Å². The molecule has 0 unspecified atom stereocenters. The summed E-state index contributed by atoms with van der Waals surface area (Å²) in [5.74, 6) is 1.54. The number of hydrogen-bond acceptors (Lipinski definition) is 4. The van der Waals surface area contributed by atoms with Gasteiger partial charge in [0.25, 0.3) is 0 Å². The number of hydrogen-bond donors (Lipinski definition) is 0. The quantitative estimate of drug-likeness (QED) is 0.327. The Kier molecular flexibility index (Phi) is 6.16. The minimum atomic E-state index is -0.335. The molecule has 1 amide bonds. The van der Waals surface area contributed by atoms with Crippen molar-refractivity contribution in [3.63, 3.8) is 0 Å². The number of amides is 1. The van der Waals surface area contributed by atoms with Crippen molar-refractivity contribution in [3.05, 3.63) is 90.1 Å². The number of nitrogens with zero attached hydrogens (tertiary/aromatic N) is 3. The second-order valence-corrected chi connectivity index (χ2v) is 8.58. The van der Waals surface area contributed by atoms with Gasteiger partial charge in [0.2, 0.25) is 11.8 Å². The Bertz CT molecular complexity index is 1250. The number of aromatic nitrogens is 2. The van der Waals surface area contributed by atoms with Crippen LogP contribution >= 0.6 is 0 Å². The van der Waals surface area contributed by atoms with Crippen molar-refractivity contribution in [1.29, 1.82) is 0 Å². The molecule has 1 aliphatic carbocycles. The molecule has 6 nitrogen and oxygen atoms in total. The molecule has 0 N–H and O–H groups in total. The molecule has 4 aromatic rings. The van der Waals surface area contributed by atoms with Crippen LogP contribution in [0.2, 0.25) is 0 Å². The molecule has 0 bridgehead atoms. The van der Waals surface area contributed by atoms with E-state index in [9.17, 15) is 9.18 Å². The highest BCUT2D eigenvalue weighted by atomic mass is 19.1. The van der Waals surface area contributed by atoms with Crippen molar-refractivity contribution < 1.29 is 18.3 Å². The Balaban J connectivity index is 1.54. The molecular weight excluding hydrogens is 433 g/mol. The van der Waals surface area contributed by atoms with Gasteiger partial charge in [0.1, 0.15) is 23.0 Å². The molecule has 0 atom stereocenters. The zero-order valence-electron chi connectivity index (χ0n) is 19.0. The van der Waals surface area contributed by atoms with Crippen molar-refractivity contribution in [3.8, 4) is 22.9 Å². The SMILES string of the molecule is Cn1nc(-c2ccccc2)c(CN(Cc2ccco2)C(=O)C2CCC2)c1Oc1ccc(F)cc1. The highest BCUT2D eigenvalue weighted by Crippen LogP contribution is 2.36. The lowest BCUT2D eigenvalue weighted by atomic mass is 9.84. The van der Waals surface area contributed by atoms with Crippen molar-refractivity contribution in [2.45, 2.75) is 32.4 Å². The zero-order chi connectivity index (χ0) is 23.5. The van der Waals surface area contributed by atoms with E-state index in [4.69, 9.17) is 14.3 Å². The largest absolute Gasteiger partial charge is 0.467 e. The van der Waals surface area contributed by atoms with E-state index in [2.05, 4.69) is 0 Å². The van der Waals surface area contributed by atoms with Crippen LogP contribution in [0, 0.1) is 11.7 Å². The van der Waals surface area contributed by atoms with Gasteiger partial charge in [-0.15, -0.1) is 0 Å². The van der Waals surface area contributed by atoms with E-state index >= 15 is 0 Å². The molecule has 2 aromatic heterocycles. The second kappa shape index (κ2) is 9.55. The van der Waals surface area contributed by atoms with E-state index in [-0.39, 0.29) is 17.6 Å². The predicted molar refractivity (Wildman–Crippen MR) is 125 cm³/mol. The topological polar surface area (TPSA) is 60.5 Å². The lowest BCUT2D eigenvalue weighted by Crippen LogP contribution is -2.38. The smallest absolute Gasteiger partial charge is 0.226 e. The summed E-state index contributed by atoms with van der Waals surface area (Å²) in [6.07, 6.45) is 4.51. The van der Waals surface area contributed by atoms with Crippen LogP contribution in [-0.4, -0.2) is 20.6 Å². The average molecular weight is 460 g/mol. The Labute approximate surface area is 197 Å². The standard InChI is InChI=1S/C27H26FN3O3/c1-30-27(34-22-14-12-21(28)13-15-22)24(25(29-30)19-7-3-2-4-8-19)18-31(17-23-11-6-16-33-23)26(32)20-9-5-10-20/h2-4,6-8,11-16,20H,5,9-10,17-18H2,1H3.